The minimum Gasteiger partial charge on any atom is -0.436 e. The molecule has 0 spiro atoms. The maximum atomic E-state index is 6.06. The summed E-state index contributed by atoms with van der Waals surface area (Å²) in [4.78, 5) is 8.44. The van der Waals surface area contributed by atoms with Crippen molar-refractivity contribution in [3.8, 4) is 11.6 Å². The van der Waals surface area contributed by atoms with E-state index >= 15 is 0 Å². The van der Waals surface area contributed by atoms with Gasteiger partial charge >= 0.3 is 0 Å². The minimum absolute atomic E-state index is 0.363. The third kappa shape index (κ3) is 2.69. The normalized spacial score (nSPS) is 10.6. The molecule has 3 aromatic rings. The molecule has 0 fully saturated rings. The van der Waals surface area contributed by atoms with Gasteiger partial charge in [-0.25, -0.2) is 4.98 Å². The second-order valence-electron chi connectivity index (χ2n) is 3.91. The van der Waals surface area contributed by atoms with Crippen LogP contribution in [0.25, 0.3) is 10.9 Å². The molecule has 0 radical (unpaired) electrons. The Morgan fingerprint density at radius 3 is 2.74 bits per heavy atom. The summed E-state index contributed by atoms with van der Waals surface area (Å²) in [6.07, 6.45) is 3.29. The molecule has 19 heavy (non-hydrogen) atoms. The lowest BCUT2D eigenvalue weighted by atomic mass is 10.2. The number of rotatable bonds is 2. The lowest BCUT2D eigenvalue weighted by molar-refractivity contribution is 0.462. The van der Waals surface area contributed by atoms with E-state index in [9.17, 15) is 0 Å². The SMILES string of the molecule is Clc1cc(Br)cnc1Oc1cnc2ccccc2c1. The van der Waals surface area contributed by atoms with E-state index in [1.807, 2.05) is 30.3 Å². The second-order valence-corrected chi connectivity index (χ2v) is 5.23. The Hall–Kier alpha value is -1.65. The monoisotopic (exact) mass is 334 g/mol. The molecule has 1 aromatic carbocycles. The highest BCUT2D eigenvalue weighted by molar-refractivity contribution is 9.10. The summed E-state index contributed by atoms with van der Waals surface area (Å²) >= 11 is 9.36. The van der Waals surface area contributed by atoms with Gasteiger partial charge in [0.05, 0.1) is 11.7 Å². The van der Waals surface area contributed by atoms with E-state index in [4.69, 9.17) is 16.3 Å². The largest absolute Gasteiger partial charge is 0.436 e. The lowest BCUT2D eigenvalue weighted by Gasteiger charge is -2.07. The van der Waals surface area contributed by atoms with Gasteiger partial charge in [-0.05, 0) is 34.1 Å². The first-order chi connectivity index (χ1) is 9.22. The summed E-state index contributed by atoms with van der Waals surface area (Å²) in [5.74, 6) is 0.970. The molecule has 0 atom stereocenters. The van der Waals surface area contributed by atoms with Crippen LogP contribution in [0.3, 0.4) is 0 Å². The molecule has 5 heteroatoms. The van der Waals surface area contributed by atoms with Crippen LogP contribution >= 0.6 is 27.5 Å². The quantitative estimate of drug-likeness (QED) is 0.672. The van der Waals surface area contributed by atoms with Gasteiger partial charge in [-0.2, -0.15) is 0 Å². The molecule has 0 bridgehead atoms. The average Bonchev–Trinajstić information content (AvgIpc) is 2.42. The van der Waals surface area contributed by atoms with Crippen molar-refractivity contribution in [1.29, 1.82) is 0 Å². The fraction of sp³-hybridized carbons (Fsp3) is 0. The summed E-state index contributed by atoms with van der Waals surface area (Å²) in [6, 6.07) is 11.5. The van der Waals surface area contributed by atoms with Crippen molar-refractivity contribution < 1.29 is 4.74 Å². The summed E-state index contributed by atoms with van der Waals surface area (Å²) in [7, 11) is 0. The second kappa shape index (κ2) is 5.15. The number of fused-ring (bicyclic) bond motifs is 1. The van der Waals surface area contributed by atoms with Crippen molar-refractivity contribution in [2.24, 2.45) is 0 Å². The fourth-order valence-corrected chi connectivity index (χ4v) is 2.36. The van der Waals surface area contributed by atoms with Crippen molar-refractivity contribution in [3.63, 3.8) is 0 Å². The van der Waals surface area contributed by atoms with Crippen LogP contribution in [-0.2, 0) is 0 Å². The zero-order valence-corrected chi connectivity index (χ0v) is 12.0. The van der Waals surface area contributed by atoms with Crippen LogP contribution in [0.2, 0.25) is 5.02 Å². The van der Waals surface area contributed by atoms with Crippen LogP contribution in [0.5, 0.6) is 11.6 Å². The number of nitrogens with zero attached hydrogens (tertiary/aromatic N) is 2. The smallest absolute Gasteiger partial charge is 0.238 e. The number of aromatic nitrogens is 2. The number of halogens is 2. The van der Waals surface area contributed by atoms with E-state index in [2.05, 4.69) is 25.9 Å². The van der Waals surface area contributed by atoms with Crippen LogP contribution in [0.1, 0.15) is 0 Å². The minimum atomic E-state index is 0.363. The molecule has 0 amide bonds. The molecule has 94 valence electrons. The van der Waals surface area contributed by atoms with E-state index < -0.39 is 0 Å². The van der Waals surface area contributed by atoms with Crippen molar-refractivity contribution in [1.82, 2.24) is 9.97 Å². The Morgan fingerprint density at radius 1 is 1.05 bits per heavy atom. The van der Waals surface area contributed by atoms with Crippen molar-refractivity contribution >= 4 is 38.4 Å². The molecule has 0 aliphatic carbocycles. The number of hydrogen-bond acceptors (Lipinski definition) is 3. The Labute approximate surface area is 123 Å². The molecule has 0 unspecified atom stereocenters. The molecular formula is C14H8BrClN2O. The first-order valence-electron chi connectivity index (χ1n) is 5.56. The van der Waals surface area contributed by atoms with Crippen molar-refractivity contribution in [2.45, 2.75) is 0 Å². The van der Waals surface area contributed by atoms with Gasteiger partial charge < -0.3 is 4.74 Å². The number of pyridine rings is 2. The van der Waals surface area contributed by atoms with Gasteiger partial charge in [-0.15, -0.1) is 0 Å². The molecule has 3 nitrogen and oxygen atoms in total. The van der Waals surface area contributed by atoms with Crippen LogP contribution < -0.4 is 4.74 Å². The van der Waals surface area contributed by atoms with Crippen LogP contribution in [0.4, 0.5) is 0 Å². The van der Waals surface area contributed by atoms with Crippen molar-refractivity contribution in [3.05, 3.63) is 58.3 Å². The van der Waals surface area contributed by atoms with Gasteiger partial charge in [0, 0.05) is 16.1 Å². The van der Waals surface area contributed by atoms with Crippen molar-refractivity contribution in [2.75, 3.05) is 0 Å². The average molecular weight is 336 g/mol. The summed E-state index contributed by atoms with van der Waals surface area (Å²) < 4.78 is 6.45. The predicted molar refractivity (Wildman–Crippen MR) is 78.8 cm³/mol. The Bertz CT molecular complexity index is 748. The number of ether oxygens (including phenoxy) is 1. The van der Waals surface area contributed by atoms with E-state index in [0.717, 1.165) is 15.4 Å². The predicted octanol–water partition coefficient (Wildman–Crippen LogP) is 4.84. The molecule has 2 aromatic heterocycles. The fourth-order valence-electron chi connectivity index (χ4n) is 1.70. The maximum absolute atomic E-state index is 6.06. The molecule has 0 N–H and O–H groups in total. The number of benzene rings is 1. The molecule has 0 aliphatic rings. The summed E-state index contributed by atoms with van der Waals surface area (Å²) in [5.41, 5.74) is 0.921. The molecule has 0 saturated carbocycles. The van der Waals surface area contributed by atoms with Crippen LogP contribution in [-0.4, -0.2) is 9.97 Å². The molecule has 2 heterocycles. The highest BCUT2D eigenvalue weighted by atomic mass is 79.9. The van der Waals surface area contributed by atoms with E-state index in [1.165, 1.54) is 0 Å². The highest BCUT2D eigenvalue weighted by Crippen LogP contribution is 2.29. The maximum Gasteiger partial charge on any atom is 0.238 e. The highest BCUT2D eigenvalue weighted by Gasteiger charge is 2.06. The lowest BCUT2D eigenvalue weighted by Crippen LogP contribution is -1.90. The zero-order valence-electron chi connectivity index (χ0n) is 9.68. The Morgan fingerprint density at radius 2 is 1.89 bits per heavy atom. The zero-order chi connectivity index (χ0) is 13.2. The summed E-state index contributed by atoms with van der Waals surface area (Å²) in [5, 5.41) is 1.45. The third-order valence-corrected chi connectivity index (χ3v) is 3.26. The van der Waals surface area contributed by atoms with Gasteiger partial charge in [-0.1, -0.05) is 29.8 Å². The molecular weight excluding hydrogens is 328 g/mol. The van der Waals surface area contributed by atoms with Gasteiger partial charge in [0.15, 0.2) is 0 Å². The first-order valence-corrected chi connectivity index (χ1v) is 6.73. The topological polar surface area (TPSA) is 35.0 Å². The van der Waals surface area contributed by atoms with E-state index in [-0.39, 0.29) is 0 Å². The van der Waals surface area contributed by atoms with Gasteiger partial charge in [-0.3, -0.25) is 4.98 Å². The molecule has 3 rings (SSSR count). The van der Waals surface area contributed by atoms with Gasteiger partial charge in [0.2, 0.25) is 5.88 Å². The Kier molecular flexibility index (Phi) is 3.36. The summed E-state index contributed by atoms with van der Waals surface area (Å²) in [6.45, 7) is 0. The number of para-hydroxylation sites is 1. The van der Waals surface area contributed by atoms with Gasteiger partial charge in [0.1, 0.15) is 10.8 Å². The van der Waals surface area contributed by atoms with E-state index in [1.54, 1.807) is 18.5 Å². The van der Waals surface area contributed by atoms with Gasteiger partial charge in [0.25, 0.3) is 0 Å². The Balaban J connectivity index is 1.96. The third-order valence-electron chi connectivity index (χ3n) is 2.55. The number of hydrogen-bond donors (Lipinski definition) is 0. The first kappa shape index (κ1) is 12.4. The van der Waals surface area contributed by atoms with Crippen LogP contribution in [0, 0.1) is 0 Å². The standard InChI is InChI=1S/C14H8BrClN2O/c15-10-6-12(16)14(18-7-10)19-11-5-9-3-1-2-4-13(9)17-8-11/h1-8H. The van der Waals surface area contributed by atoms with E-state index in [0.29, 0.717) is 16.7 Å². The van der Waals surface area contributed by atoms with Crippen LogP contribution in [0.15, 0.2) is 53.3 Å². The molecule has 0 saturated heterocycles. The molecule has 0 aliphatic heterocycles.